The molecule has 0 aromatic carbocycles. The maximum absolute atomic E-state index is 13.3. The highest BCUT2D eigenvalue weighted by Crippen LogP contribution is 2.46. The molecule has 1 amide bonds. The average Bonchev–Trinajstić information content (AvgIpc) is 2.35. The van der Waals surface area contributed by atoms with Gasteiger partial charge in [0.15, 0.2) is 0 Å². The van der Waals surface area contributed by atoms with Crippen molar-refractivity contribution >= 4 is 23.2 Å². The first-order chi connectivity index (χ1) is 10.5. The van der Waals surface area contributed by atoms with Crippen molar-refractivity contribution in [1.82, 2.24) is 4.98 Å². The van der Waals surface area contributed by atoms with Gasteiger partial charge >= 0.3 is 29.9 Å². The van der Waals surface area contributed by atoms with Crippen LogP contribution in [0.2, 0.25) is 5.15 Å². The standard InChI is InChI=1S/C11H6ClF9N2O/c1-8(13,14)11(20,21)9(15,16)7(24)22-4-2-5(10(17,18)19)23-6(12)3-4/h2-3H,1H3,(H,22,23,24). The number of hydrogen-bond donors (Lipinski definition) is 1. The van der Waals surface area contributed by atoms with Crippen molar-refractivity contribution in [2.75, 3.05) is 5.32 Å². The van der Waals surface area contributed by atoms with Crippen LogP contribution in [-0.2, 0) is 11.0 Å². The molecular weight excluding hydrogens is 383 g/mol. The van der Waals surface area contributed by atoms with E-state index in [1.54, 1.807) is 0 Å². The Labute approximate surface area is 132 Å². The predicted molar refractivity (Wildman–Crippen MR) is 63.4 cm³/mol. The van der Waals surface area contributed by atoms with Gasteiger partial charge in [0.05, 0.1) is 0 Å². The number of nitrogens with zero attached hydrogens (tertiary/aromatic N) is 1. The zero-order chi connectivity index (χ0) is 19.1. The molecule has 136 valence electrons. The van der Waals surface area contributed by atoms with Crippen LogP contribution in [0.5, 0.6) is 0 Å². The van der Waals surface area contributed by atoms with Crippen LogP contribution in [0.15, 0.2) is 12.1 Å². The Balaban J connectivity index is 3.18. The first-order valence-electron chi connectivity index (χ1n) is 5.70. The lowest BCUT2D eigenvalue weighted by Crippen LogP contribution is -2.58. The van der Waals surface area contributed by atoms with Gasteiger partial charge in [-0.1, -0.05) is 11.6 Å². The number of pyridine rings is 1. The fourth-order valence-corrected chi connectivity index (χ4v) is 1.55. The summed E-state index contributed by atoms with van der Waals surface area (Å²) < 4.78 is 115. The molecule has 0 saturated heterocycles. The lowest BCUT2D eigenvalue weighted by molar-refractivity contribution is -0.289. The second kappa shape index (κ2) is 5.97. The van der Waals surface area contributed by atoms with E-state index in [1.165, 1.54) is 0 Å². The number of amides is 1. The SMILES string of the molecule is CC(F)(F)C(F)(F)C(F)(F)C(=O)Nc1cc(Cl)nc(C(F)(F)F)c1. The Morgan fingerprint density at radius 1 is 1.04 bits per heavy atom. The minimum Gasteiger partial charge on any atom is -0.320 e. The summed E-state index contributed by atoms with van der Waals surface area (Å²) in [5.41, 5.74) is -2.80. The van der Waals surface area contributed by atoms with Crippen molar-refractivity contribution in [2.24, 2.45) is 0 Å². The van der Waals surface area contributed by atoms with Crippen LogP contribution in [0, 0.1) is 0 Å². The van der Waals surface area contributed by atoms with Crippen molar-refractivity contribution < 1.29 is 44.3 Å². The summed E-state index contributed by atoms with van der Waals surface area (Å²) in [7, 11) is 0. The summed E-state index contributed by atoms with van der Waals surface area (Å²) in [6.45, 7) is -0.542. The number of anilines is 1. The topological polar surface area (TPSA) is 42.0 Å². The molecule has 0 fully saturated rings. The number of alkyl halides is 9. The first-order valence-corrected chi connectivity index (χ1v) is 6.07. The summed E-state index contributed by atoms with van der Waals surface area (Å²) >= 11 is 5.20. The maximum atomic E-state index is 13.3. The van der Waals surface area contributed by atoms with Gasteiger partial charge in [0, 0.05) is 12.6 Å². The van der Waals surface area contributed by atoms with Gasteiger partial charge in [-0.2, -0.15) is 39.5 Å². The van der Waals surface area contributed by atoms with E-state index in [-0.39, 0.29) is 6.07 Å². The molecule has 24 heavy (non-hydrogen) atoms. The number of nitrogens with one attached hydrogen (secondary N) is 1. The fraction of sp³-hybridized carbons (Fsp3) is 0.455. The van der Waals surface area contributed by atoms with Crippen LogP contribution in [0.25, 0.3) is 0 Å². The molecule has 0 aliphatic rings. The molecule has 3 nitrogen and oxygen atoms in total. The fourth-order valence-electron chi connectivity index (χ4n) is 1.34. The molecule has 0 radical (unpaired) electrons. The predicted octanol–water partition coefficient (Wildman–Crippen LogP) is 4.62. The number of halogens is 10. The quantitative estimate of drug-likeness (QED) is 0.604. The first kappa shape index (κ1) is 20.3. The number of carbonyl (C=O) groups excluding carboxylic acids is 1. The van der Waals surface area contributed by atoms with Crippen molar-refractivity contribution in [3.63, 3.8) is 0 Å². The van der Waals surface area contributed by atoms with E-state index in [1.807, 2.05) is 0 Å². The van der Waals surface area contributed by atoms with Crippen LogP contribution in [0.4, 0.5) is 45.2 Å². The van der Waals surface area contributed by atoms with Gasteiger partial charge in [0.25, 0.3) is 0 Å². The number of aromatic nitrogens is 1. The van der Waals surface area contributed by atoms with Crippen molar-refractivity contribution in [3.05, 3.63) is 23.0 Å². The normalized spacial score (nSPS) is 13.8. The van der Waals surface area contributed by atoms with E-state index in [0.717, 1.165) is 5.32 Å². The zero-order valence-corrected chi connectivity index (χ0v) is 12.0. The zero-order valence-electron chi connectivity index (χ0n) is 11.3. The minimum atomic E-state index is -6.09. The van der Waals surface area contributed by atoms with Crippen LogP contribution >= 0.6 is 11.6 Å². The molecule has 1 aromatic rings. The molecule has 1 rings (SSSR count). The number of rotatable bonds is 4. The van der Waals surface area contributed by atoms with Crippen LogP contribution in [-0.4, -0.2) is 28.7 Å². The largest absolute Gasteiger partial charge is 0.433 e. The molecule has 0 aliphatic heterocycles. The third-order valence-electron chi connectivity index (χ3n) is 2.57. The summed E-state index contributed by atoms with van der Waals surface area (Å²) in [5.74, 6) is -20.2. The Bertz CT molecular complexity index is 639. The van der Waals surface area contributed by atoms with E-state index in [9.17, 15) is 44.3 Å². The highest BCUT2D eigenvalue weighted by molar-refractivity contribution is 6.29. The maximum Gasteiger partial charge on any atom is 0.433 e. The molecular formula is C11H6ClF9N2O. The highest BCUT2D eigenvalue weighted by atomic mass is 35.5. The average molecular weight is 389 g/mol. The van der Waals surface area contributed by atoms with E-state index >= 15 is 0 Å². The summed E-state index contributed by atoms with van der Waals surface area (Å²) in [5, 5.41) is 0.0806. The Kier molecular flexibility index (Phi) is 5.06. The minimum absolute atomic E-state index is 0.0160. The van der Waals surface area contributed by atoms with Crippen LogP contribution in [0.1, 0.15) is 12.6 Å². The van der Waals surface area contributed by atoms with E-state index in [0.29, 0.717) is 6.07 Å². The molecule has 0 unspecified atom stereocenters. The lowest BCUT2D eigenvalue weighted by atomic mass is 10.1. The molecule has 13 heteroatoms. The van der Waals surface area contributed by atoms with Gasteiger partial charge in [-0.05, 0) is 12.1 Å². The van der Waals surface area contributed by atoms with E-state index in [2.05, 4.69) is 4.98 Å². The van der Waals surface area contributed by atoms with Crippen LogP contribution in [0.3, 0.4) is 0 Å². The van der Waals surface area contributed by atoms with Crippen molar-refractivity contribution in [1.29, 1.82) is 0 Å². The molecule has 1 N–H and O–H groups in total. The second-order valence-electron chi connectivity index (χ2n) is 4.55. The lowest BCUT2D eigenvalue weighted by Gasteiger charge is -2.29. The Morgan fingerprint density at radius 2 is 1.54 bits per heavy atom. The van der Waals surface area contributed by atoms with Gasteiger partial charge in [-0.25, -0.2) is 4.98 Å². The van der Waals surface area contributed by atoms with Gasteiger partial charge < -0.3 is 5.32 Å². The van der Waals surface area contributed by atoms with Crippen molar-refractivity contribution in [3.8, 4) is 0 Å². The number of carbonyl (C=O) groups is 1. The Hall–Kier alpha value is -1.72. The van der Waals surface area contributed by atoms with Crippen LogP contribution < -0.4 is 5.32 Å². The smallest absolute Gasteiger partial charge is 0.320 e. The second-order valence-corrected chi connectivity index (χ2v) is 4.94. The third-order valence-corrected chi connectivity index (χ3v) is 2.77. The number of hydrogen-bond acceptors (Lipinski definition) is 2. The Morgan fingerprint density at radius 3 is 1.96 bits per heavy atom. The van der Waals surface area contributed by atoms with E-state index < -0.39 is 53.3 Å². The molecule has 1 aromatic heterocycles. The highest BCUT2D eigenvalue weighted by Gasteiger charge is 2.72. The van der Waals surface area contributed by atoms with Gasteiger partial charge in [-0.15, -0.1) is 0 Å². The summed E-state index contributed by atoms with van der Waals surface area (Å²) in [6.07, 6.45) is -5.09. The van der Waals surface area contributed by atoms with Gasteiger partial charge in [-0.3, -0.25) is 4.79 Å². The summed E-state index contributed by atoms with van der Waals surface area (Å²) in [6, 6.07) is 0.453. The molecule has 0 bridgehead atoms. The van der Waals surface area contributed by atoms with Gasteiger partial charge in [0.2, 0.25) is 0 Å². The molecule has 0 spiro atoms. The molecule has 0 aliphatic carbocycles. The molecule has 0 atom stereocenters. The molecule has 0 saturated carbocycles. The third kappa shape index (κ3) is 3.84. The van der Waals surface area contributed by atoms with E-state index in [4.69, 9.17) is 11.6 Å². The summed E-state index contributed by atoms with van der Waals surface area (Å²) in [4.78, 5) is 14.0. The molecule has 1 heterocycles. The van der Waals surface area contributed by atoms with Crippen molar-refractivity contribution in [2.45, 2.75) is 30.9 Å². The van der Waals surface area contributed by atoms with Gasteiger partial charge in [0.1, 0.15) is 10.8 Å². The monoisotopic (exact) mass is 388 g/mol.